The van der Waals surface area contributed by atoms with E-state index in [-0.39, 0.29) is 5.56 Å². The zero-order chi connectivity index (χ0) is 13.4. The highest BCUT2D eigenvalue weighted by molar-refractivity contribution is 5.41. The summed E-state index contributed by atoms with van der Waals surface area (Å²) in [7, 11) is 0. The van der Waals surface area contributed by atoms with Crippen LogP contribution in [0.2, 0.25) is 0 Å². The Kier molecular flexibility index (Phi) is 2.77. The van der Waals surface area contributed by atoms with Crippen LogP contribution in [0.4, 0.5) is 5.82 Å². The molecule has 98 valence electrons. The van der Waals surface area contributed by atoms with Crippen LogP contribution in [0.25, 0.3) is 0 Å². The van der Waals surface area contributed by atoms with Gasteiger partial charge in [-0.25, -0.2) is 15.0 Å². The van der Waals surface area contributed by atoms with E-state index in [0.29, 0.717) is 18.2 Å². The zero-order valence-corrected chi connectivity index (χ0v) is 11.0. The lowest BCUT2D eigenvalue weighted by atomic mass is 10.1. The number of rotatable bonds is 1. The Morgan fingerprint density at radius 3 is 2.95 bits per heavy atom. The molecule has 1 N–H and O–H groups in total. The summed E-state index contributed by atoms with van der Waals surface area (Å²) in [5.41, 5.74) is 2.09. The molecule has 6 nitrogen and oxygen atoms in total. The van der Waals surface area contributed by atoms with Gasteiger partial charge in [0.25, 0.3) is 5.56 Å². The van der Waals surface area contributed by atoms with Crippen LogP contribution in [-0.4, -0.2) is 26.5 Å². The average Bonchev–Trinajstić information content (AvgIpc) is 2.36. The topological polar surface area (TPSA) is 74.8 Å². The van der Waals surface area contributed by atoms with Crippen LogP contribution in [0.1, 0.15) is 22.9 Å². The Morgan fingerprint density at radius 1 is 1.32 bits per heavy atom. The number of hydrogen-bond donors (Lipinski definition) is 1. The number of aryl methyl sites for hydroxylation is 2. The predicted molar refractivity (Wildman–Crippen MR) is 71.1 cm³/mol. The maximum absolute atomic E-state index is 11.5. The first-order valence-corrected chi connectivity index (χ1v) is 6.26. The summed E-state index contributed by atoms with van der Waals surface area (Å²) in [6, 6.07) is 1.53. The van der Waals surface area contributed by atoms with E-state index >= 15 is 0 Å². The molecule has 3 rings (SSSR count). The first kappa shape index (κ1) is 11.8. The van der Waals surface area contributed by atoms with Crippen molar-refractivity contribution in [3.8, 4) is 0 Å². The molecule has 0 fully saturated rings. The van der Waals surface area contributed by atoms with Gasteiger partial charge in [-0.2, -0.15) is 0 Å². The third-order valence-corrected chi connectivity index (χ3v) is 3.24. The number of nitrogens with one attached hydrogen (secondary N) is 1. The molecular formula is C13H15N5O. The van der Waals surface area contributed by atoms with Gasteiger partial charge in [-0.3, -0.25) is 4.79 Å². The van der Waals surface area contributed by atoms with Gasteiger partial charge in [0, 0.05) is 18.8 Å². The van der Waals surface area contributed by atoms with Crippen LogP contribution < -0.4 is 10.5 Å². The van der Waals surface area contributed by atoms with Crippen molar-refractivity contribution in [2.24, 2.45) is 0 Å². The highest BCUT2D eigenvalue weighted by Gasteiger charge is 2.19. The van der Waals surface area contributed by atoms with Gasteiger partial charge < -0.3 is 9.88 Å². The number of fused-ring (bicyclic) bond motifs is 1. The molecule has 0 spiro atoms. The van der Waals surface area contributed by atoms with E-state index < -0.39 is 0 Å². The average molecular weight is 257 g/mol. The summed E-state index contributed by atoms with van der Waals surface area (Å²) in [6.45, 7) is 5.17. The van der Waals surface area contributed by atoms with E-state index in [1.54, 1.807) is 6.92 Å². The molecule has 0 saturated carbocycles. The van der Waals surface area contributed by atoms with E-state index in [4.69, 9.17) is 0 Å². The Labute approximate surface area is 110 Å². The molecule has 2 aromatic heterocycles. The summed E-state index contributed by atoms with van der Waals surface area (Å²) in [5, 5.41) is 0. The molecule has 0 bridgehead atoms. The molecule has 6 heteroatoms. The summed E-state index contributed by atoms with van der Waals surface area (Å²) in [4.78, 5) is 29.3. The summed E-state index contributed by atoms with van der Waals surface area (Å²) in [6.07, 6.45) is 2.77. The molecule has 2 aromatic rings. The molecular weight excluding hydrogens is 242 g/mol. The van der Waals surface area contributed by atoms with Gasteiger partial charge in [-0.1, -0.05) is 0 Å². The van der Waals surface area contributed by atoms with Crippen molar-refractivity contribution in [3.05, 3.63) is 45.5 Å². The minimum absolute atomic E-state index is 0.118. The number of anilines is 1. The molecule has 0 amide bonds. The van der Waals surface area contributed by atoms with E-state index in [9.17, 15) is 4.79 Å². The van der Waals surface area contributed by atoms with Crippen molar-refractivity contribution in [3.63, 3.8) is 0 Å². The second kappa shape index (κ2) is 4.46. The molecule has 0 aromatic carbocycles. The van der Waals surface area contributed by atoms with Crippen LogP contribution in [0, 0.1) is 13.8 Å². The van der Waals surface area contributed by atoms with Crippen LogP contribution >= 0.6 is 0 Å². The van der Waals surface area contributed by atoms with Crippen LogP contribution in [0.3, 0.4) is 0 Å². The highest BCUT2D eigenvalue weighted by Crippen LogP contribution is 2.20. The predicted octanol–water partition coefficient (Wildman–Crippen LogP) is 0.739. The van der Waals surface area contributed by atoms with E-state index in [2.05, 4.69) is 24.8 Å². The Morgan fingerprint density at radius 2 is 2.16 bits per heavy atom. The summed E-state index contributed by atoms with van der Waals surface area (Å²) in [5.74, 6) is 2.12. The fraction of sp³-hybridized carbons (Fsp3) is 0.385. The van der Waals surface area contributed by atoms with Gasteiger partial charge in [-0.05, 0) is 25.8 Å². The van der Waals surface area contributed by atoms with E-state index in [0.717, 1.165) is 24.5 Å². The van der Waals surface area contributed by atoms with Crippen molar-refractivity contribution >= 4 is 5.82 Å². The fourth-order valence-corrected chi connectivity index (χ4v) is 2.32. The number of hydrogen-bond acceptors (Lipinski definition) is 5. The molecule has 0 radical (unpaired) electrons. The molecule has 0 atom stereocenters. The van der Waals surface area contributed by atoms with Crippen molar-refractivity contribution in [2.75, 3.05) is 11.4 Å². The van der Waals surface area contributed by atoms with Gasteiger partial charge in [0.2, 0.25) is 0 Å². The van der Waals surface area contributed by atoms with Crippen LogP contribution in [-0.2, 0) is 13.0 Å². The first-order chi connectivity index (χ1) is 9.11. The molecule has 19 heavy (non-hydrogen) atoms. The molecule has 0 unspecified atom stereocenters. The lowest BCUT2D eigenvalue weighted by molar-refractivity contribution is 0.685. The number of aromatic amines is 1. The number of H-pyrrole nitrogens is 1. The number of aromatic nitrogens is 4. The second-order valence-electron chi connectivity index (χ2n) is 4.75. The quantitative estimate of drug-likeness (QED) is 0.815. The van der Waals surface area contributed by atoms with Crippen molar-refractivity contribution < 1.29 is 0 Å². The zero-order valence-electron chi connectivity index (χ0n) is 11.0. The number of nitrogens with zero attached hydrogens (tertiary/aromatic N) is 4. The molecule has 1 aliphatic rings. The third kappa shape index (κ3) is 2.33. The van der Waals surface area contributed by atoms with E-state index in [1.165, 1.54) is 11.6 Å². The molecule has 0 saturated heterocycles. The second-order valence-corrected chi connectivity index (χ2v) is 4.75. The normalized spacial score (nSPS) is 14.3. The third-order valence-electron chi connectivity index (χ3n) is 3.24. The molecule has 0 aliphatic carbocycles. The summed E-state index contributed by atoms with van der Waals surface area (Å²) >= 11 is 0. The lowest BCUT2D eigenvalue weighted by Crippen LogP contribution is -2.33. The van der Waals surface area contributed by atoms with Gasteiger partial charge in [0.1, 0.15) is 17.5 Å². The van der Waals surface area contributed by atoms with Crippen molar-refractivity contribution in [1.82, 2.24) is 19.9 Å². The molecule has 1 aliphatic heterocycles. The lowest BCUT2D eigenvalue weighted by Gasteiger charge is -2.28. The Bertz CT molecular complexity index is 679. The monoisotopic (exact) mass is 257 g/mol. The van der Waals surface area contributed by atoms with Gasteiger partial charge >= 0.3 is 0 Å². The maximum atomic E-state index is 11.5. The summed E-state index contributed by atoms with van der Waals surface area (Å²) < 4.78 is 0. The Hall–Kier alpha value is -2.24. The smallest absolute Gasteiger partial charge is 0.252 e. The van der Waals surface area contributed by atoms with Gasteiger partial charge in [-0.15, -0.1) is 0 Å². The van der Waals surface area contributed by atoms with Gasteiger partial charge in [0.15, 0.2) is 0 Å². The minimum atomic E-state index is -0.118. The largest absolute Gasteiger partial charge is 0.350 e. The fourth-order valence-electron chi connectivity index (χ4n) is 2.32. The van der Waals surface area contributed by atoms with Crippen LogP contribution in [0.5, 0.6) is 0 Å². The van der Waals surface area contributed by atoms with E-state index in [1.807, 2.05) is 13.1 Å². The van der Waals surface area contributed by atoms with Crippen molar-refractivity contribution in [2.45, 2.75) is 26.8 Å². The SMILES string of the molecule is Cc1ncc2c(n1)CN(c1cc(=O)[nH]c(C)n1)CC2. The standard InChI is InChI=1S/C13H15N5O/c1-8-14-6-10-3-4-18(7-11(10)15-8)12-5-13(19)17-9(2)16-12/h5-6H,3-4,7H2,1-2H3,(H,16,17,19). The van der Waals surface area contributed by atoms with Gasteiger partial charge in [0.05, 0.1) is 12.2 Å². The van der Waals surface area contributed by atoms with Crippen molar-refractivity contribution in [1.29, 1.82) is 0 Å². The molecule has 3 heterocycles. The van der Waals surface area contributed by atoms with Crippen LogP contribution in [0.15, 0.2) is 17.1 Å². The highest BCUT2D eigenvalue weighted by atomic mass is 16.1. The maximum Gasteiger partial charge on any atom is 0.252 e. The Balaban J connectivity index is 1.94. The first-order valence-electron chi connectivity index (χ1n) is 6.26. The minimum Gasteiger partial charge on any atom is -0.350 e.